The van der Waals surface area contributed by atoms with Gasteiger partial charge < -0.3 is 9.63 Å². The van der Waals surface area contributed by atoms with Crippen LogP contribution in [-0.2, 0) is 18.4 Å². The van der Waals surface area contributed by atoms with Crippen molar-refractivity contribution in [1.29, 1.82) is 0 Å². The summed E-state index contributed by atoms with van der Waals surface area (Å²) in [4.78, 5) is 6.99. The molecule has 1 aliphatic rings. The molecule has 5 heteroatoms. The normalized spacial score (nSPS) is 17.7. The van der Waals surface area contributed by atoms with E-state index in [2.05, 4.69) is 60.1 Å². The lowest BCUT2D eigenvalue weighted by molar-refractivity contribution is 0.147. The molecular weight excluding hydrogens is 314 g/mol. The van der Waals surface area contributed by atoms with Crippen molar-refractivity contribution in [2.45, 2.75) is 64.5 Å². The molecule has 1 unspecified atom stereocenters. The summed E-state index contributed by atoms with van der Waals surface area (Å²) in [5, 5.41) is 13.5. The van der Waals surface area contributed by atoms with Crippen molar-refractivity contribution < 1.29 is 9.63 Å². The molecule has 0 spiro atoms. The third-order valence-electron chi connectivity index (χ3n) is 4.84. The van der Waals surface area contributed by atoms with E-state index in [0.717, 1.165) is 31.6 Å². The van der Waals surface area contributed by atoms with Crippen molar-refractivity contribution in [2.75, 3.05) is 13.2 Å². The highest BCUT2D eigenvalue weighted by atomic mass is 16.5. The summed E-state index contributed by atoms with van der Waals surface area (Å²) in [6.07, 6.45) is 4.22. The third-order valence-corrected chi connectivity index (χ3v) is 4.84. The Morgan fingerprint density at radius 3 is 2.80 bits per heavy atom. The van der Waals surface area contributed by atoms with E-state index in [1.165, 1.54) is 17.5 Å². The van der Waals surface area contributed by atoms with Crippen molar-refractivity contribution in [2.24, 2.45) is 0 Å². The minimum absolute atomic E-state index is 0.140. The van der Waals surface area contributed by atoms with Crippen LogP contribution in [0.4, 0.5) is 0 Å². The molecule has 0 aliphatic heterocycles. The number of fused-ring (bicyclic) bond motifs is 1. The fourth-order valence-corrected chi connectivity index (χ4v) is 3.53. The first kappa shape index (κ1) is 18.1. The van der Waals surface area contributed by atoms with Crippen LogP contribution >= 0.6 is 0 Å². The fraction of sp³-hybridized carbons (Fsp3) is 0.600. The van der Waals surface area contributed by atoms with Gasteiger partial charge in [0.25, 0.3) is 0 Å². The number of benzene rings is 1. The number of hydrogen-bond acceptors (Lipinski definition) is 5. The topological polar surface area (TPSA) is 62.4 Å². The van der Waals surface area contributed by atoms with Gasteiger partial charge in [-0.25, -0.2) is 0 Å². The van der Waals surface area contributed by atoms with E-state index in [1.807, 2.05) is 0 Å². The van der Waals surface area contributed by atoms with Gasteiger partial charge in [0.15, 0.2) is 5.82 Å². The van der Waals surface area contributed by atoms with Gasteiger partial charge in [0.2, 0.25) is 5.89 Å². The molecule has 0 amide bonds. The number of nitrogens with zero attached hydrogens (tertiary/aromatic N) is 3. The Kier molecular flexibility index (Phi) is 5.54. The summed E-state index contributed by atoms with van der Waals surface area (Å²) in [6, 6.07) is 9.06. The standard InChI is InChI=1S/C20H29N3O2/c1-20(2,3)19-21-18(22-25-19)14-23(12-7-13-24)17-11-6-9-15-8-4-5-10-16(15)17/h4-5,8,10,17,24H,6-7,9,11-14H2,1-3H3. The van der Waals surface area contributed by atoms with Crippen molar-refractivity contribution in [3.63, 3.8) is 0 Å². The lowest BCUT2D eigenvalue weighted by Gasteiger charge is -2.35. The summed E-state index contributed by atoms with van der Waals surface area (Å²) < 4.78 is 5.45. The van der Waals surface area contributed by atoms with Gasteiger partial charge in [0.1, 0.15) is 0 Å². The summed E-state index contributed by atoms with van der Waals surface area (Å²) in [7, 11) is 0. The maximum Gasteiger partial charge on any atom is 0.232 e. The molecule has 136 valence electrons. The van der Waals surface area contributed by atoms with Gasteiger partial charge in [0, 0.05) is 24.6 Å². The summed E-state index contributed by atoms with van der Waals surface area (Å²) in [5.74, 6) is 1.40. The van der Waals surface area contributed by atoms with E-state index in [0.29, 0.717) is 18.5 Å². The van der Waals surface area contributed by atoms with Crippen LogP contribution < -0.4 is 0 Å². The van der Waals surface area contributed by atoms with Gasteiger partial charge in [-0.1, -0.05) is 50.2 Å². The Hall–Kier alpha value is -1.72. The number of aromatic nitrogens is 2. The van der Waals surface area contributed by atoms with Crippen LogP contribution in [0.25, 0.3) is 0 Å². The van der Waals surface area contributed by atoms with E-state index in [9.17, 15) is 5.11 Å². The van der Waals surface area contributed by atoms with Crippen molar-refractivity contribution in [1.82, 2.24) is 15.0 Å². The molecule has 1 aromatic carbocycles. The Morgan fingerprint density at radius 2 is 2.08 bits per heavy atom. The maximum absolute atomic E-state index is 9.31. The van der Waals surface area contributed by atoms with Crippen LogP contribution in [0.3, 0.4) is 0 Å². The first-order chi connectivity index (χ1) is 12.0. The molecule has 0 bridgehead atoms. The predicted octanol–water partition coefficient (Wildman–Crippen LogP) is 3.63. The Balaban J connectivity index is 1.82. The number of aliphatic hydroxyl groups is 1. The van der Waals surface area contributed by atoms with Crippen molar-refractivity contribution in [3.05, 3.63) is 47.1 Å². The highest BCUT2D eigenvalue weighted by Crippen LogP contribution is 2.35. The molecule has 0 saturated heterocycles. The molecule has 25 heavy (non-hydrogen) atoms. The van der Waals surface area contributed by atoms with Crippen LogP contribution in [0.5, 0.6) is 0 Å². The molecule has 5 nitrogen and oxygen atoms in total. The zero-order valence-corrected chi connectivity index (χ0v) is 15.5. The van der Waals surface area contributed by atoms with Crippen LogP contribution in [0, 0.1) is 0 Å². The summed E-state index contributed by atoms with van der Waals surface area (Å²) in [5.41, 5.74) is 2.71. The van der Waals surface area contributed by atoms with Gasteiger partial charge in [0.05, 0.1) is 6.54 Å². The van der Waals surface area contributed by atoms with Crippen molar-refractivity contribution in [3.8, 4) is 0 Å². The van der Waals surface area contributed by atoms with Gasteiger partial charge in [-0.2, -0.15) is 4.98 Å². The van der Waals surface area contributed by atoms with Crippen LogP contribution in [0.2, 0.25) is 0 Å². The molecule has 1 aromatic heterocycles. The Morgan fingerprint density at radius 1 is 1.28 bits per heavy atom. The molecule has 1 N–H and O–H groups in total. The van der Waals surface area contributed by atoms with Crippen LogP contribution in [-0.4, -0.2) is 33.3 Å². The molecule has 0 radical (unpaired) electrons. The quantitative estimate of drug-likeness (QED) is 0.868. The van der Waals surface area contributed by atoms with Gasteiger partial charge in [-0.05, 0) is 36.8 Å². The number of hydrogen-bond donors (Lipinski definition) is 1. The number of aliphatic hydroxyl groups excluding tert-OH is 1. The summed E-state index contributed by atoms with van der Waals surface area (Å²) in [6.45, 7) is 7.90. The molecule has 0 saturated carbocycles. The second kappa shape index (κ2) is 7.67. The highest BCUT2D eigenvalue weighted by molar-refractivity contribution is 5.32. The van der Waals surface area contributed by atoms with Crippen LogP contribution in [0.1, 0.15) is 68.9 Å². The molecule has 1 atom stereocenters. The smallest absolute Gasteiger partial charge is 0.232 e. The second-order valence-corrected chi connectivity index (χ2v) is 7.92. The zero-order chi connectivity index (χ0) is 17.9. The van der Waals surface area contributed by atoms with E-state index in [-0.39, 0.29) is 12.0 Å². The highest BCUT2D eigenvalue weighted by Gasteiger charge is 2.28. The minimum Gasteiger partial charge on any atom is -0.396 e. The minimum atomic E-state index is -0.140. The maximum atomic E-state index is 9.31. The first-order valence-electron chi connectivity index (χ1n) is 9.25. The largest absolute Gasteiger partial charge is 0.396 e. The van der Waals surface area contributed by atoms with E-state index in [1.54, 1.807) is 0 Å². The number of aryl methyl sites for hydroxylation is 1. The van der Waals surface area contributed by atoms with E-state index >= 15 is 0 Å². The van der Waals surface area contributed by atoms with Gasteiger partial charge in [-0.15, -0.1) is 0 Å². The fourth-order valence-electron chi connectivity index (χ4n) is 3.53. The lowest BCUT2D eigenvalue weighted by Crippen LogP contribution is -2.32. The average molecular weight is 343 g/mol. The average Bonchev–Trinajstić information content (AvgIpc) is 3.07. The third kappa shape index (κ3) is 4.28. The SMILES string of the molecule is CC(C)(C)c1nc(CN(CCCO)C2CCCc3ccccc32)no1. The summed E-state index contributed by atoms with van der Waals surface area (Å²) >= 11 is 0. The molecular formula is C20H29N3O2. The zero-order valence-electron chi connectivity index (χ0n) is 15.5. The van der Waals surface area contributed by atoms with Gasteiger partial charge >= 0.3 is 0 Å². The molecule has 1 aliphatic carbocycles. The van der Waals surface area contributed by atoms with Crippen molar-refractivity contribution >= 4 is 0 Å². The van der Waals surface area contributed by atoms with Crippen LogP contribution in [0.15, 0.2) is 28.8 Å². The van der Waals surface area contributed by atoms with E-state index < -0.39 is 0 Å². The molecule has 0 fully saturated rings. The predicted molar refractivity (Wildman–Crippen MR) is 97.2 cm³/mol. The second-order valence-electron chi connectivity index (χ2n) is 7.92. The van der Waals surface area contributed by atoms with E-state index in [4.69, 9.17) is 4.52 Å². The Labute approximate surface area is 150 Å². The first-order valence-corrected chi connectivity index (χ1v) is 9.25. The number of rotatable bonds is 6. The lowest BCUT2D eigenvalue weighted by atomic mass is 9.86. The Bertz CT molecular complexity index is 690. The molecule has 1 heterocycles. The molecule has 3 rings (SSSR count). The van der Waals surface area contributed by atoms with Gasteiger partial charge in [-0.3, -0.25) is 4.90 Å². The monoisotopic (exact) mass is 343 g/mol. The molecule has 2 aromatic rings.